The monoisotopic (exact) mass is 549 g/mol. The van der Waals surface area contributed by atoms with Crippen molar-refractivity contribution in [1.82, 2.24) is 20.4 Å². The molecule has 3 rings (SSSR count). The van der Waals surface area contributed by atoms with Crippen LogP contribution >= 0.6 is 24.0 Å². The SMILES string of the molecule is CN=C(NCCCc1ccc(OC)c(OC)c1)NCc1ccccc1Cn1cccn1.I. The van der Waals surface area contributed by atoms with Gasteiger partial charge in [-0.2, -0.15) is 5.10 Å². The smallest absolute Gasteiger partial charge is 0.191 e. The number of aryl methyl sites for hydroxylation is 1. The van der Waals surface area contributed by atoms with E-state index in [1.807, 2.05) is 29.1 Å². The van der Waals surface area contributed by atoms with Gasteiger partial charge in [0.15, 0.2) is 17.5 Å². The third-order valence-electron chi connectivity index (χ3n) is 5.06. The molecule has 8 heteroatoms. The van der Waals surface area contributed by atoms with E-state index in [-0.39, 0.29) is 24.0 Å². The zero-order valence-corrected chi connectivity index (χ0v) is 21.2. The van der Waals surface area contributed by atoms with Gasteiger partial charge in [0, 0.05) is 32.5 Å². The average molecular weight is 549 g/mol. The van der Waals surface area contributed by atoms with Gasteiger partial charge in [-0.05, 0) is 47.7 Å². The summed E-state index contributed by atoms with van der Waals surface area (Å²) in [5, 5.41) is 11.1. The van der Waals surface area contributed by atoms with Crippen LogP contribution in [0.3, 0.4) is 0 Å². The summed E-state index contributed by atoms with van der Waals surface area (Å²) in [6.45, 7) is 2.28. The number of halogens is 1. The first-order valence-corrected chi connectivity index (χ1v) is 10.4. The van der Waals surface area contributed by atoms with Gasteiger partial charge in [-0.15, -0.1) is 24.0 Å². The molecule has 7 nitrogen and oxygen atoms in total. The molecule has 0 aliphatic heterocycles. The molecule has 3 aromatic rings. The molecule has 0 fully saturated rings. The third-order valence-corrected chi connectivity index (χ3v) is 5.06. The first-order chi connectivity index (χ1) is 15.2. The second kappa shape index (κ2) is 13.6. The Kier molecular flexibility index (Phi) is 10.9. The molecule has 0 aliphatic rings. The van der Waals surface area contributed by atoms with Crippen LogP contribution in [-0.2, 0) is 19.5 Å². The molecule has 32 heavy (non-hydrogen) atoms. The van der Waals surface area contributed by atoms with Crippen LogP contribution in [0, 0.1) is 0 Å². The molecule has 2 aromatic carbocycles. The molecule has 0 radical (unpaired) electrons. The fourth-order valence-corrected chi connectivity index (χ4v) is 3.39. The fourth-order valence-electron chi connectivity index (χ4n) is 3.39. The van der Waals surface area contributed by atoms with E-state index in [4.69, 9.17) is 9.47 Å². The number of nitrogens with zero attached hydrogens (tertiary/aromatic N) is 3. The van der Waals surface area contributed by atoms with Crippen molar-refractivity contribution >= 4 is 29.9 Å². The Morgan fingerprint density at radius 1 is 1.00 bits per heavy atom. The molecule has 0 bridgehead atoms. The highest BCUT2D eigenvalue weighted by Gasteiger charge is 2.06. The topological polar surface area (TPSA) is 72.7 Å². The average Bonchev–Trinajstić information content (AvgIpc) is 3.32. The number of hydrogen-bond donors (Lipinski definition) is 2. The summed E-state index contributed by atoms with van der Waals surface area (Å²) >= 11 is 0. The molecule has 0 saturated heterocycles. The maximum absolute atomic E-state index is 5.38. The first kappa shape index (κ1) is 25.5. The normalized spacial score (nSPS) is 10.9. The number of ether oxygens (including phenoxy) is 2. The van der Waals surface area contributed by atoms with Crippen LogP contribution in [0.4, 0.5) is 0 Å². The van der Waals surface area contributed by atoms with Crippen molar-refractivity contribution in [1.29, 1.82) is 0 Å². The van der Waals surface area contributed by atoms with E-state index in [9.17, 15) is 0 Å². The Morgan fingerprint density at radius 3 is 2.47 bits per heavy atom. The summed E-state index contributed by atoms with van der Waals surface area (Å²) in [5.41, 5.74) is 3.68. The van der Waals surface area contributed by atoms with E-state index >= 15 is 0 Å². The summed E-state index contributed by atoms with van der Waals surface area (Å²) in [6, 6.07) is 16.4. The second-order valence-electron chi connectivity index (χ2n) is 7.12. The van der Waals surface area contributed by atoms with Crippen LogP contribution < -0.4 is 20.1 Å². The molecule has 0 spiro atoms. The maximum Gasteiger partial charge on any atom is 0.191 e. The van der Waals surface area contributed by atoms with Gasteiger partial charge >= 0.3 is 0 Å². The molecule has 0 amide bonds. The predicted molar refractivity (Wildman–Crippen MR) is 139 cm³/mol. The number of nitrogens with one attached hydrogen (secondary N) is 2. The minimum atomic E-state index is 0. The summed E-state index contributed by atoms with van der Waals surface area (Å²) in [7, 11) is 5.10. The number of aromatic nitrogens is 2. The van der Waals surface area contributed by atoms with Crippen molar-refractivity contribution in [3.8, 4) is 11.5 Å². The lowest BCUT2D eigenvalue weighted by molar-refractivity contribution is 0.354. The molecule has 172 valence electrons. The summed E-state index contributed by atoms with van der Waals surface area (Å²) in [5.74, 6) is 2.31. The number of hydrogen-bond acceptors (Lipinski definition) is 4. The van der Waals surface area contributed by atoms with Crippen molar-refractivity contribution in [2.45, 2.75) is 25.9 Å². The Hall–Kier alpha value is -2.75. The lowest BCUT2D eigenvalue weighted by Crippen LogP contribution is -2.37. The number of methoxy groups -OCH3 is 2. The van der Waals surface area contributed by atoms with E-state index in [1.165, 1.54) is 16.7 Å². The Balaban J connectivity index is 0.00000363. The largest absolute Gasteiger partial charge is 0.493 e. The zero-order valence-electron chi connectivity index (χ0n) is 18.9. The minimum absolute atomic E-state index is 0. The Labute approximate surface area is 207 Å². The summed E-state index contributed by atoms with van der Waals surface area (Å²) in [4.78, 5) is 4.34. The quantitative estimate of drug-likeness (QED) is 0.174. The lowest BCUT2D eigenvalue weighted by atomic mass is 10.1. The van der Waals surface area contributed by atoms with E-state index in [2.05, 4.69) is 51.1 Å². The van der Waals surface area contributed by atoms with Crippen LogP contribution in [0.25, 0.3) is 0 Å². The summed E-state index contributed by atoms with van der Waals surface area (Å²) < 4.78 is 12.6. The second-order valence-corrected chi connectivity index (χ2v) is 7.12. The van der Waals surface area contributed by atoms with Gasteiger partial charge in [0.25, 0.3) is 0 Å². The van der Waals surface area contributed by atoms with Gasteiger partial charge in [-0.3, -0.25) is 9.67 Å². The minimum Gasteiger partial charge on any atom is -0.493 e. The Bertz CT molecular complexity index is 976. The predicted octanol–water partition coefficient (Wildman–Crippen LogP) is 3.86. The number of aliphatic imine (C=N–C) groups is 1. The maximum atomic E-state index is 5.38. The van der Waals surface area contributed by atoms with E-state index in [0.717, 1.165) is 43.4 Å². The molecular formula is C24H32IN5O2. The number of benzene rings is 2. The van der Waals surface area contributed by atoms with Crippen LogP contribution in [0.15, 0.2) is 65.9 Å². The Morgan fingerprint density at radius 2 is 1.78 bits per heavy atom. The van der Waals surface area contributed by atoms with Gasteiger partial charge in [0.1, 0.15) is 0 Å². The van der Waals surface area contributed by atoms with Gasteiger partial charge in [0.2, 0.25) is 0 Å². The first-order valence-electron chi connectivity index (χ1n) is 10.4. The molecule has 0 aliphatic carbocycles. The molecule has 0 saturated carbocycles. The molecule has 1 aromatic heterocycles. The van der Waals surface area contributed by atoms with Gasteiger partial charge < -0.3 is 20.1 Å². The molecule has 2 N–H and O–H groups in total. The highest BCUT2D eigenvalue weighted by molar-refractivity contribution is 14.0. The van der Waals surface area contributed by atoms with Crippen molar-refractivity contribution in [3.63, 3.8) is 0 Å². The van der Waals surface area contributed by atoms with E-state index in [1.54, 1.807) is 27.5 Å². The van der Waals surface area contributed by atoms with E-state index < -0.39 is 0 Å². The lowest BCUT2D eigenvalue weighted by Gasteiger charge is -2.15. The van der Waals surface area contributed by atoms with Crippen LogP contribution in [0.1, 0.15) is 23.1 Å². The zero-order chi connectivity index (χ0) is 21.9. The number of rotatable bonds is 10. The van der Waals surface area contributed by atoms with Gasteiger partial charge in [-0.25, -0.2) is 0 Å². The van der Waals surface area contributed by atoms with Crippen molar-refractivity contribution in [2.75, 3.05) is 27.8 Å². The van der Waals surface area contributed by atoms with Crippen LogP contribution in [-0.4, -0.2) is 43.6 Å². The van der Waals surface area contributed by atoms with Crippen LogP contribution in [0.2, 0.25) is 0 Å². The van der Waals surface area contributed by atoms with Crippen LogP contribution in [0.5, 0.6) is 11.5 Å². The number of guanidine groups is 1. The standard InChI is InChI=1S/C24H31N5O2.HI/c1-25-24(26-13-6-8-19-11-12-22(30-2)23(16-19)31-3)27-17-20-9-4-5-10-21(20)18-29-15-7-14-28-29;/h4-5,7,9-12,14-16H,6,8,13,17-18H2,1-3H3,(H2,25,26,27);1H. The van der Waals surface area contributed by atoms with Crippen molar-refractivity contribution < 1.29 is 9.47 Å². The fraction of sp³-hybridized carbons (Fsp3) is 0.333. The molecule has 0 unspecified atom stereocenters. The van der Waals surface area contributed by atoms with Gasteiger partial charge in [-0.1, -0.05) is 30.3 Å². The van der Waals surface area contributed by atoms with Gasteiger partial charge in [0.05, 0.1) is 20.8 Å². The highest BCUT2D eigenvalue weighted by Crippen LogP contribution is 2.27. The molecule has 1 heterocycles. The van der Waals surface area contributed by atoms with Crippen molar-refractivity contribution in [3.05, 3.63) is 77.6 Å². The van der Waals surface area contributed by atoms with Crippen molar-refractivity contribution in [2.24, 2.45) is 4.99 Å². The molecule has 0 atom stereocenters. The highest BCUT2D eigenvalue weighted by atomic mass is 127. The van der Waals surface area contributed by atoms with E-state index in [0.29, 0.717) is 6.54 Å². The molecular weight excluding hydrogens is 517 g/mol. The summed E-state index contributed by atoms with van der Waals surface area (Å²) in [6.07, 6.45) is 5.70. The third kappa shape index (κ3) is 7.44.